The molecular weight excluding hydrogens is 601 g/mol. The number of carboxylic acids is 4. The van der Waals surface area contributed by atoms with Gasteiger partial charge in [0.2, 0.25) is 0 Å². The summed E-state index contributed by atoms with van der Waals surface area (Å²) in [6.45, 7) is 6.19. The van der Waals surface area contributed by atoms with E-state index in [-0.39, 0.29) is 0 Å². The van der Waals surface area contributed by atoms with Crippen LogP contribution in [0.5, 0.6) is 0 Å². The minimum absolute atomic E-state index is 0.556. The highest BCUT2D eigenvalue weighted by atomic mass is 19.4. The normalized spacial score (nSPS) is 16.7. The third-order valence-corrected chi connectivity index (χ3v) is 7.54. The molecule has 4 rings (SSSR count). The third-order valence-electron chi connectivity index (χ3n) is 7.54. The number of aliphatic carboxylic acids is 4. The maximum absolute atomic E-state index is 13.4. The molecule has 0 amide bonds. The molecule has 2 aromatic carbocycles. The van der Waals surface area contributed by atoms with Gasteiger partial charge in [-0.3, -0.25) is 0 Å². The lowest BCUT2D eigenvalue weighted by atomic mass is 9.83. The molecule has 0 saturated carbocycles. The third kappa shape index (κ3) is 13.3. The molecule has 0 atom stereocenters. The van der Waals surface area contributed by atoms with Gasteiger partial charge in [0, 0.05) is 26.2 Å². The van der Waals surface area contributed by atoms with E-state index in [1.54, 1.807) is 0 Å². The van der Waals surface area contributed by atoms with Gasteiger partial charge in [0.05, 0.1) is 17.8 Å². The fraction of sp³-hybridized carbons (Fsp3) is 0.484. The molecule has 248 valence electrons. The van der Waals surface area contributed by atoms with Gasteiger partial charge in [0.15, 0.2) is 0 Å². The number of piperidine rings is 2. The van der Waals surface area contributed by atoms with Gasteiger partial charge >= 0.3 is 30.1 Å². The van der Waals surface area contributed by atoms with Gasteiger partial charge in [0.1, 0.15) is 0 Å². The van der Waals surface area contributed by atoms with E-state index >= 15 is 0 Å². The van der Waals surface area contributed by atoms with Gasteiger partial charge in [-0.25, -0.2) is 19.2 Å². The summed E-state index contributed by atoms with van der Waals surface area (Å²) in [4.78, 5) is 41.2. The van der Waals surface area contributed by atoms with Crippen molar-refractivity contribution < 1.29 is 57.5 Å². The van der Waals surface area contributed by atoms with E-state index in [4.69, 9.17) is 44.3 Å². The smallest absolute Gasteiger partial charge is 0.416 e. The van der Waals surface area contributed by atoms with E-state index in [0.29, 0.717) is 25.0 Å². The summed E-state index contributed by atoms with van der Waals surface area (Å²) < 4.78 is 46.8. The predicted molar refractivity (Wildman–Crippen MR) is 156 cm³/mol. The van der Waals surface area contributed by atoms with Crippen LogP contribution in [0.2, 0.25) is 0 Å². The Morgan fingerprint density at radius 2 is 1.24 bits per heavy atom. The first-order valence-electron chi connectivity index (χ1n) is 14.5. The summed E-state index contributed by atoms with van der Waals surface area (Å²) in [5.74, 6) is -7.30. The highest BCUT2D eigenvalue weighted by molar-refractivity contribution is 6.27. The van der Waals surface area contributed by atoms with Crippen LogP contribution in [-0.4, -0.2) is 100.0 Å². The molecule has 0 aromatic heterocycles. The molecule has 11 nitrogen and oxygen atoms in total. The number of carboxylic acid groups (broad SMARTS) is 4. The second-order valence-electron chi connectivity index (χ2n) is 10.6. The largest absolute Gasteiger partial charge is 0.473 e. The molecule has 2 heterocycles. The molecule has 2 fully saturated rings. The lowest BCUT2D eigenvalue weighted by molar-refractivity contribution is -0.159. The molecule has 14 heteroatoms. The molecule has 0 unspecified atom stereocenters. The Bertz CT molecular complexity index is 1200. The van der Waals surface area contributed by atoms with Crippen molar-refractivity contribution in [2.24, 2.45) is 0 Å². The molecule has 0 bridgehead atoms. The Balaban J connectivity index is 0.000000499. The van der Waals surface area contributed by atoms with E-state index in [9.17, 15) is 13.2 Å². The predicted octanol–water partition coefficient (Wildman–Crippen LogP) is 4.05. The van der Waals surface area contributed by atoms with Gasteiger partial charge in [-0.2, -0.15) is 13.2 Å². The Kier molecular flexibility index (Phi) is 14.9. The number of hydrogen-bond acceptors (Lipinski definition) is 7. The van der Waals surface area contributed by atoms with Crippen LogP contribution < -0.4 is 0 Å². The summed E-state index contributed by atoms with van der Waals surface area (Å²) in [6.07, 6.45) is 1.77. The van der Waals surface area contributed by atoms with E-state index in [1.165, 1.54) is 37.0 Å². The second kappa shape index (κ2) is 18.1. The highest BCUT2D eigenvalue weighted by Gasteiger charge is 2.39. The number of benzene rings is 2. The lowest BCUT2D eigenvalue weighted by Gasteiger charge is -2.43. The number of halogens is 3. The van der Waals surface area contributed by atoms with Crippen molar-refractivity contribution in [2.45, 2.75) is 50.3 Å². The fourth-order valence-corrected chi connectivity index (χ4v) is 5.12. The van der Waals surface area contributed by atoms with Crippen LogP contribution in [0.25, 0.3) is 0 Å². The van der Waals surface area contributed by atoms with Crippen LogP contribution in [-0.2, 0) is 42.1 Å². The van der Waals surface area contributed by atoms with Crippen molar-refractivity contribution in [2.75, 3.05) is 45.9 Å². The quantitative estimate of drug-likeness (QED) is 0.308. The zero-order valence-corrected chi connectivity index (χ0v) is 24.7. The number of carbonyl (C=O) groups is 4. The molecule has 0 spiro atoms. The summed E-state index contributed by atoms with van der Waals surface area (Å²) in [5.41, 5.74) is 0.731. The van der Waals surface area contributed by atoms with Crippen LogP contribution in [0.3, 0.4) is 0 Å². The zero-order chi connectivity index (χ0) is 33.5. The van der Waals surface area contributed by atoms with Gasteiger partial charge in [-0.15, -0.1) is 0 Å². The minimum atomic E-state index is -4.35. The maximum atomic E-state index is 13.4. The van der Waals surface area contributed by atoms with Crippen molar-refractivity contribution in [3.05, 3.63) is 71.3 Å². The molecule has 2 saturated heterocycles. The van der Waals surface area contributed by atoms with Gasteiger partial charge in [-0.1, -0.05) is 48.9 Å². The molecule has 0 radical (unpaired) electrons. The van der Waals surface area contributed by atoms with Crippen molar-refractivity contribution in [1.82, 2.24) is 9.80 Å². The fourth-order valence-electron chi connectivity index (χ4n) is 5.12. The number of hydrogen-bond donors (Lipinski definition) is 4. The molecule has 2 aromatic rings. The average Bonchev–Trinajstić information content (AvgIpc) is 3.02. The van der Waals surface area contributed by atoms with Crippen LogP contribution in [0.4, 0.5) is 13.2 Å². The number of likely N-dealkylation sites (tertiary alicyclic amines) is 2. The zero-order valence-electron chi connectivity index (χ0n) is 24.7. The number of nitrogens with zero attached hydrogens (tertiary/aromatic N) is 2. The Morgan fingerprint density at radius 3 is 1.76 bits per heavy atom. The Morgan fingerprint density at radius 1 is 0.711 bits per heavy atom. The Hall–Kier alpha value is -4.01. The van der Waals surface area contributed by atoms with Crippen LogP contribution in [0, 0.1) is 0 Å². The average molecular weight is 641 g/mol. The lowest BCUT2D eigenvalue weighted by Crippen LogP contribution is -2.46. The summed E-state index contributed by atoms with van der Waals surface area (Å²) in [7, 11) is 0. The summed E-state index contributed by atoms with van der Waals surface area (Å²) in [5, 5.41) is 29.6. The first kappa shape index (κ1) is 37.2. The summed E-state index contributed by atoms with van der Waals surface area (Å²) >= 11 is 0. The van der Waals surface area contributed by atoms with Crippen molar-refractivity contribution >= 4 is 23.9 Å². The number of rotatable bonds is 8. The Labute approximate surface area is 258 Å². The summed E-state index contributed by atoms with van der Waals surface area (Å²) in [6, 6.07) is 16.2. The van der Waals surface area contributed by atoms with Crippen molar-refractivity contribution in [3.8, 4) is 0 Å². The van der Waals surface area contributed by atoms with Gasteiger partial charge in [0.25, 0.3) is 0 Å². The van der Waals surface area contributed by atoms with Gasteiger partial charge in [-0.05, 0) is 68.5 Å². The second-order valence-corrected chi connectivity index (χ2v) is 10.6. The van der Waals surface area contributed by atoms with E-state index in [0.717, 1.165) is 51.8 Å². The molecule has 2 aliphatic rings. The number of ether oxygens (including phenoxy) is 1. The highest BCUT2D eigenvalue weighted by Crippen LogP contribution is 2.39. The first-order valence-corrected chi connectivity index (χ1v) is 14.5. The van der Waals surface area contributed by atoms with E-state index < -0.39 is 41.2 Å². The number of alkyl halides is 3. The SMILES string of the molecule is FC(F)(F)c1cccc(C2(OCCN3CCCCC3)CCN(CCc3ccccc3)CC2)c1.O=C(O)C(=O)O.O=C(O)C(=O)O. The standard InChI is InChI=1S/C27H35F3N2O.2C2H2O4/c28-27(29,30)25-11-7-10-24(22-25)26(33-21-20-31-15-5-2-6-16-31)13-18-32(19-14-26)17-12-23-8-3-1-4-9-23;2*3-1(4)2(5)6/h1,3-4,7-11,22H,2,5-6,12-21H2;2*(H,3,4)(H,5,6). The molecular formula is C31H39F3N2O9. The van der Waals surface area contributed by atoms with Crippen LogP contribution in [0.15, 0.2) is 54.6 Å². The molecule has 45 heavy (non-hydrogen) atoms. The van der Waals surface area contributed by atoms with E-state index in [1.807, 2.05) is 12.1 Å². The van der Waals surface area contributed by atoms with Crippen LogP contribution in [0.1, 0.15) is 48.8 Å². The molecule has 2 aliphatic heterocycles. The topological polar surface area (TPSA) is 165 Å². The van der Waals surface area contributed by atoms with Crippen LogP contribution >= 0.6 is 0 Å². The van der Waals surface area contributed by atoms with Gasteiger partial charge < -0.3 is 35.0 Å². The maximum Gasteiger partial charge on any atom is 0.416 e. The molecule has 4 N–H and O–H groups in total. The first-order chi connectivity index (χ1) is 21.2. The van der Waals surface area contributed by atoms with E-state index in [2.05, 4.69) is 34.1 Å². The molecule has 0 aliphatic carbocycles. The minimum Gasteiger partial charge on any atom is -0.473 e. The van der Waals surface area contributed by atoms with Crippen molar-refractivity contribution in [3.63, 3.8) is 0 Å². The van der Waals surface area contributed by atoms with Crippen molar-refractivity contribution in [1.29, 1.82) is 0 Å². The monoisotopic (exact) mass is 640 g/mol.